The van der Waals surface area contributed by atoms with Gasteiger partial charge in [0.1, 0.15) is 16.9 Å². The molecule has 142 valence electrons. The third kappa shape index (κ3) is 4.89. The molecule has 1 aliphatic carbocycles. The van der Waals surface area contributed by atoms with Gasteiger partial charge < -0.3 is 9.84 Å². The predicted molar refractivity (Wildman–Crippen MR) is 105 cm³/mol. The van der Waals surface area contributed by atoms with E-state index in [0.717, 1.165) is 31.4 Å². The van der Waals surface area contributed by atoms with Crippen molar-refractivity contribution in [1.82, 2.24) is 10.1 Å². The number of carbonyl (C=O) groups excluding carboxylic acids is 1. The molecule has 0 radical (unpaired) electrons. The van der Waals surface area contributed by atoms with Gasteiger partial charge in [0.05, 0.1) is 10.8 Å². The summed E-state index contributed by atoms with van der Waals surface area (Å²) >= 11 is 1.35. The Morgan fingerprint density at radius 1 is 1.33 bits per heavy atom. The summed E-state index contributed by atoms with van der Waals surface area (Å²) in [7, 11) is 0. The summed E-state index contributed by atoms with van der Waals surface area (Å²) in [5.74, 6) is 0.887. The maximum atomic E-state index is 12.6. The van der Waals surface area contributed by atoms with Crippen LogP contribution in [0.3, 0.4) is 0 Å². The number of nitrogens with one attached hydrogen (secondary N) is 1. The number of carbonyl (C=O) groups is 1. The lowest BCUT2D eigenvalue weighted by Gasteiger charge is -2.17. The van der Waals surface area contributed by atoms with E-state index in [9.17, 15) is 10.1 Å². The summed E-state index contributed by atoms with van der Waals surface area (Å²) < 4.78 is 4.99. The summed E-state index contributed by atoms with van der Waals surface area (Å²) in [6.45, 7) is 3.72. The van der Waals surface area contributed by atoms with Gasteiger partial charge in [-0.3, -0.25) is 4.79 Å². The lowest BCUT2D eigenvalue weighted by Crippen LogP contribution is -2.25. The van der Waals surface area contributed by atoms with E-state index in [0.29, 0.717) is 28.6 Å². The number of fused-ring (bicyclic) bond motifs is 1. The average Bonchev–Trinajstić information content (AvgIpc) is 3.05. The Balaban J connectivity index is 1.80. The van der Waals surface area contributed by atoms with Crippen molar-refractivity contribution in [3.05, 3.63) is 34.7 Å². The number of hydrogen-bond acceptors (Lipinski definition) is 6. The van der Waals surface area contributed by atoms with Crippen LogP contribution < -0.4 is 5.32 Å². The molecule has 3 rings (SSSR count). The van der Waals surface area contributed by atoms with Crippen LogP contribution in [0.1, 0.15) is 61.6 Å². The van der Waals surface area contributed by atoms with Gasteiger partial charge in [-0.15, -0.1) is 0 Å². The highest BCUT2D eigenvalue weighted by atomic mass is 32.2. The van der Waals surface area contributed by atoms with E-state index in [-0.39, 0.29) is 11.2 Å². The molecule has 0 spiro atoms. The highest BCUT2D eigenvalue weighted by Gasteiger charge is 2.23. The number of hydrogen-bond donors (Lipinski definition) is 1. The lowest BCUT2D eigenvalue weighted by molar-refractivity contribution is -0.115. The maximum Gasteiger partial charge on any atom is 0.239 e. The minimum absolute atomic E-state index is 0.159. The Hall–Kier alpha value is -2.33. The molecule has 1 amide bonds. The summed E-state index contributed by atoms with van der Waals surface area (Å²) in [4.78, 5) is 17.4. The van der Waals surface area contributed by atoms with Crippen molar-refractivity contribution in [3.8, 4) is 6.07 Å². The topological polar surface area (TPSA) is 91.8 Å². The SMILES string of the molecule is CCC(Sc1nc2c(cc1C#N)CCCCCC2)C(=O)Nc1cc(C)on1. The van der Waals surface area contributed by atoms with Crippen molar-refractivity contribution >= 4 is 23.5 Å². The van der Waals surface area contributed by atoms with E-state index in [1.807, 2.05) is 13.0 Å². The number of pyridine rings is 1. The average molecular weight is 385 g/mol. The number of amides is 1. The molecule has 1 N–H and O–H groups in total. The number of aromatic nitrogens is 2. The number of nitrogens with zero attached hydrogens (tertiary/aromatic N) is 3. The summed E-state index contributed by atoms with van der Waals surface area (Å²) in [6.07, 6.45) is 7.26. The van der Waals surface area contributed by atoms with Crippen molar-refractivity contribution < 1.29 is 9.32 Å². The Morgan fingerprint density at radius 2 is 2.11 bits per heavy atom. The van der Waals surface area contributed by atoms with Crippen LogP contribution in [0.2, 0.25) is 0 Å². The van der Waals surface area contributed by atoms with E-state index in [2.05, 4.69) is 16.5 Å². The zero-order valence-corrected chi connectivity index (χ0v) is 16.6. The number of nitriles is 1. The molecule has 0 bridgehead atoms. The van der Waals surface area contributed by atoms with Gasteiger partial charge in [-0.25, -0.2) is 4.98 Å². The molecule has 1 atom stereocenters. The second kappa shape index (κ2) is 9.05. The molecule has 27 heavy (non-hydrogen) atoms. The molecule has 0 saturated heterocycles. The second-order valence-corrected chi connectivity index (χ2v) is 7.99. The van der Waals surface area contributed by atoms with Crippen LogP contribution in [-0.2, 0) is 17.6 Å². The molecule has 0 aliphatic heterocycles. The number of thioether (sulfide) groups is 1. The molecule has 2 heterocycles. The number of anilines is 1. The molecular formula is C20H24N4O2S. The van der Waals surface area contributed by atoms with E-state index in [4.69, 9.17) is 9.51 Å². The fraction of sp³-hybridized carbons (Fsp3) is 0.500. The van der Waals surface area contributed by atoms with Crippen molar-refractivity contribution in [2.75, 3.05) is 5.32 Å². The van der Waals surface area contributed by atoms with Crippen LogP contribution in [-0.4, -0.2) is 21.3 Å². The van der Waals surface area contributed by atoms with E-state index in [1.165, 1.54) is 30.2 Å². The molecule has 1 unspecified atom stereocenters. The standard InChI is InChI=1S/C20H24N4O2S/c1-3-17(19(25)23-18-10-13(2)26-24-18)27-20-15(12-21)11-14-8-6-4-5-7-9-16(14)22-20/h10-11,17H,3-9H2,1-2H3,(H,23,24,25). The Labute approximate surface area is 163 Å². The number of aryl methyl sites for hydroxylation is 3. The van der Waals surface area contributed by atoms with Crippen LogP contribution >= 0.6 is 11.8 Å². The van der Waals surface area contributed by atoms with E-state index >= 15 is 0 Å². The Kier molecular flexibility index (Phi) is 6.51. The zero-order valence-electron chi connectivity index (χ0n) is 15.7. The number of rotatable bonds is 5. The summed E-state index contributed by atoms with van der Waals surface area (Å²) in [5.41, 5.74) is 2.83. The third-order valence-electron chi connectivity index (χ3n) is 4.68. The molecular weight excluding hydrogens is 360 g/mol. The van der Waals surface area contributed by atoms with Crippen LogP contribution in [0, 0.1) is 18.3 Å². The largest absolute Gasteiger partial charge is 0.360 e. The van der Waals surface area contributed by atoms with Crippen LogP contribution in [0.15, 0.2) is 21.7 Å². The molecule has 7 heteroatoms. The van der Waals surface area contributed by atoms with Gasteiger partial charge in [-0.05, 0) is 50.7 Å². The zero-order chi connectivity index (χ0) is 19.2. The quantitative estimate of drug-likeness (QED) is 0.767. The minimum atomic E-state index is -0.354. The monoisotopic (exact) mass is 384 g/mol. The van der Waals surface area contributed by atoms with Gasteiger partial charge in [-0.2, -0.15) is 5.26 Å². The van der Waals surface area contributed by atoms with Crippen molar-refractivity contribution in [3.63, 3.8) is 0 Å². The van der Waals surface area contributed by atoms with Gasteiger partial charge in [0, 0.05) is 11.8 Å². The summed E-state index contributed by atoms with van der Waals surface area (Å²) in [5, 5.41) is 16.5. The molecule has 0 saturated carbocycles. The van der Waals surface area contributed by atoms with E-state index < -0.39 is 0 Å². The van der Waals surface area contributed by atoms with Gasteiger partial charge >= 0.3 is 0 Å². The minimum Gasteiger partial charge on any atom is -0.360 e. The van der Waals surface area contributed by atoms with Crippen LogP contribution in [0.25, 0.3) is 0 Å². The van der Waals surface area contributed by atoms with Crippen LogP contribution in [0.4, 0.5) is 5.82 Å². The molecule has 0 aromatic carbocycles. The normalized spacial score (nSPS) is 15.1. The first-order chi connectivity index (χ1) is 13.1. The maximum absolute atomic E-state index is 12.6. The highest BCUT2D eigenvalue weighted by molar-refractivity contribution is 8.00. The third-order valence-corrected chi connectivity index (χ3v) is 6.05. The molecule has 1 aliphatic rings. The fourth-order valence-electron chi connectivity index (χ4n) is 3.23. The first-order valence-corrected chi connectivity index (χ1v) is 10.3. The van der Waals surface area contributed by atoms with E-state index in [1.54, 1.807) is 13.0 Å². The van der Waals surface area contributed by atoms with Crippen LogP contribution in [0.5, 0.6) is 0 Å². The Bertz CT molecular complexity index is 856. The smallest absolute Gasteiger partial charge is 0.239 e. The van der Waals surface area contributed by atoms with Crippen molar-refractivity contribution in [1.29, 1.82) is 5.26 Å². The summed E-state index contributed by atoms with van der Waals surface area (Å²) in [6, 6.07) is 5.91. The highest BCUT2D eigenvalue weighted by Crippen LogP contribution is 2.31. The first-order valence-electron chi connectivity index (χ1n) is 9.44. The van der Waals surface area contributed by atoms with Gasteiger partial charge in [0.2, 0.25) is 5.91 Å². The van der Waals surface area contributed by atoms with Gasteiger partial charge in [0.15, 0.2) is 5.82 Å². The second-order valence-electron chi connectivity index (χ2n) is 6.80. The molecule has 6 nitrogen and oxygen atoms in total. The van der Waals surface area contributed by atoms with Gasteiger partial charge in [0.25, 0.3) is 0 Å². The van der Waals surface area contributed by atoms with Crippen molar-refractivity contribution in [2.45, 2.75) is 69.1 Å². The molecule has 2 aromatic heterocycles. The predicted octanol–water partition coefficient (Wildman–Crippen LogP) is 4.42. The first kappa shape index (κ1) is 19.4. The van der Waals surface area contributed by atoms with Gasteiger partial charge in [-0.1, -0.05) is 36.7 Å². The fourth-order valence-corrected chi connectivity index (χ4v) is 4.22. The molecule has 2 aromatic rings. The molecule has 0 fully saturated rings. The lowest BCUT2D eigenvalue weighted by atomic mass is 9.96. The Morgan fingerprint density at radius 3 is 2.78 bits per heavy atom. The van der Waals surface area contributed by atoms with Crippen molar-refractivity contribution in [2.24, 2.45) is 0 Å².